The summed E-state index contributed by atoms with van der Waals surface area (Å²) in [5.74, 6) is 0.837. The van der Waals surface area contributed by atoms with Crippen LogP contribution in [0.25, 0.3) is 10.9 Å². The van der Waals surface area contributed by atoms with Gasteiger partial charge in [-0.15, -0.1) is 0 Å². The minimum atomic E-state index is -0.501. The summed E-state index contributed by atoms with van der Waals surface area (Å²) in [6.45, 7) is 2.97. The monoisotopic (exact) mass is 525 g/mol. The van der Waals surface area contributed by atoms with Crippen LogP contribution in [0.15, 0.2) is 48.8 Å². The van der Waals surface area contributed by atoms with Crippen LogP contribution in [0.4, 0.5) is 21.6 Å². The molecule has 194 valence electrons. The third-order valence-corrected chi connectivity index (χ3v) is 6.87. The molecule has 1 amide bonds. The van der Waals surface area contributed by atoms with E-state index in [1.165, 1.54) is 24.5 Å². The van der Waals surface area contributed by atoms with Gasteiger partial charge >= 0.3 is 0 Å². The van der Waals surface area contributed by atoms with Crippen molar-refractivity contribution in [1.29, 1.82) is 0 Å². The largest absolute Gasteiger partial charge is 0.491 e. The summed E-state index contributed by atoms with van der Waals surface area (Å²) in [5.41, 5.74) is 1.75. The lowest BCUT2D eigenvalue weighted by molar-refractivity contribution is -0.111. The maximum Gasteiger partial charge on any atom is 0.248 e. The number of fused-ring (bicyclic) bond motifs is 1. The van der Waals surface area contributed by atoms with Crippen LogP contribution in [-0.2, 0) is 9.53 Å². The third kappa shape index (κ3) is 6.36. The van der Waals surface area contributed by atoms with Crippen LogP contribution in [0, 0.1) is 11.7 Å². The Morgan fingerprint density at radius 3 is 2.81 bits per heavy atom. The second kappa shape index (κ2) is 11.4. The maximum absolute atomic E-state index is 13.6. The van der Waals surface area contributed by atoms with Gasteiger partial charge in [0.25, 0.3) is 0 Å². The number of benzene rings is 2. The molecular weight excluding hydrogens is 497 g/mol. The predicted molar refractivity (Wildman–Crippen MR) is 142 cm³/mol. The lowest BCUT2D eigenvalue weighted by Gasteiger charge is -2.39. The number of nitrogens with one attached hydrogen (secondary N) is 2. The van der Waals surface area contributed by atoms with E-state index in [0.29, 0.717) is 65.6 Å². The molecule has 0 spiro atoms. The number of halogens is 2. The molecule has 1 saturated heterocycles. The van der Waals surface area contributed by atoms with Gasteiger partial charge in [0, 0.05) is 49.5 Å². The van der Waals surface area contributed by atoms with Gasteiger partial charge in [0.2, 0.25) is 5.91 Å². The molecule has 2 heterocycles. The molecule has 1 aliphatic heterocycles. The molecule has 5 rings (SSSR count). The highest BCUT2D eigenvalue weighted by atomic mass is 35.5. The van der Waals surface area contributed by atoms with Crippen molar-refractivity contribution in [3.05, 3.63) is 59.7 Å². The number of hydrogen-bond acceptors (Lipinski definition) is 7. The molecule has 2 aromatic carbocycles. The molecule has 2 aliphatic rings. The number of rotatable bonds is 11. The normalized spacial score (nSPS) is 17.6. The topological polar surface area (TPSA) is 88.6 Å². The van der Waals surface area contributed by atoms with Crippen molar-refractivity contribution in [3.63, 3.8) is 0 Å². The Labute approximate surface area is 219 Å². The smallest absolute Gasteiger partial charge is 0.248 e. The molecule has 0 bridgehead atoms. The van der Waals surface area contributed by atoms with E-state index in [9.17, 15) is 9.18 Å². The summed E-state index contributed by atoms with van der Waals surface area (Å²) in [7, 11) is 1.70. The number of likely N-dealkylation sites (tertiary alicyclic amines) is 1. The number of methoxy groups -OCH3 is 1. The number of aromatic nitrogens is 2. The van der Waals surface area contributed by atoms with Gasteiger partial charge in [0.05, 0.1) is 29.4 Å². The SMILES string of the molecule is COC[C@@H]1CCN1CC=CC(=O)Nc1cc2c(Nc3ccc(F)c(Cl)c3)ncnc2cc1OCC1CC1. The summed E-state index contributed by atoms with van der Waals surface area (Å²) in [6.07, 6.45) is 8.24. The summed E-state index contributed by atoms with van der Waals surface area (Å²) in [6, 6.07) is 8.35. The van der Waals surface area contributed by atoms with Gasteiger partial charge in [-0.25, -0.2) is 14.4 Å². The first-order chi connectivity index (χ1) is 18.0. The molecule has 10 heteroatoms. The molecule has 37 heavy (non-hydrogen) atoms. The van der Waals surface area contributed by atoms with Gasteiger partial charge in [-0.3, -0.25) is 9.69 Å². The van der Waals surface area contributed by atoms with Crippen molar-refractivity contribution in [2.75, 3.05) is 44.0 Å². The molecule has 8 nitrogen and oxygen atoms in total. The molecule has 1 aliphatic carbocycles. The first-order valence-corrected chi connectivity index (χ1v) is 12.7. The number of anilines is 3. The predicted octanol–water partition coefficient (Wildman–Crippen LogP) is 5.17. The van der Waals surface area contributed by atoms with Gasteiger partial charge < -0.3 is 20.1 Å². The fourth-order valence-electron chi connectivity index (χ4n) is 4.19. The summed E-state index contributed by atoms with van der Waals surface area (Å²) in [5, 5.41) is 6.79. The Balaban J connectivity index is 1.36. The lowest BCUT2D eigenvalue weighted by Crippen LogP contribution is -2.50. The number of ether oxygens (including phenoxy) is 2. The van der Waals surface area contributed by atoms with Crippen LogP contribution in [0.2, 0.25) is 5.02 Å². The van der Waals surface area contributed by atoms with E-state index in [1.54, 1.807) is 25.3 Å². The molecule has 2 N–H and O–H groups in total. The number of carbonyl (C=O) groups is 1. The zero-order valence-corrected chi connectivity index (χ0v) is 21.3. The quantitative estimate of drug-likeness (QED) is 0.334. The van der Waals surface area contributed by atoms with Crippen molar-refractivity contribution in [3.8, 4) is 5.75 Å². The van der Waals surface area contributed by atoms with Crippen LogP contribution >= 0.6 is 11.6 Å². The molecule has 1 aromatic heterocycles. The standard InChI is InChI=1S/C27H29ClFN5O3/c1-36-15-19-8-10-34(19)9-2-3-26(35)33-24-12-20-23(13-25(24)37-14-17-4-5-17)30-16-31-27(20)32-18-6-7-22(29)21(28)11-18/h2-3,6-7,11-13,16-17,19H,4-5,8-10,14-15H2,1H3,(H,33,35)(H,30,31,32)/t19-/m0/s1. The molecule has 1 atom stereocenters. The van der Waals surface area contributed by atoms with E-state index in [2.05, 4.69) is 25.5 Å². The first-order valence-electron chi connectivity index (χ1n) is 12.3. The van der Waals surface area contributed by atoms with Crippen LogP contribution in [-0.4, -0.2) is 60.2 Å². The Hall–Kier alpha value is -3.27. The summed E-state index contributed by atoms with van der Waals surface area (Å²) in [4.78, 5) is 23.8. The summed E-state index contributed by atoms with van der Waals surface area (Å²) < 4.78 is 24.9. The van der Waals surface area contributed by atoms with Gasteiger partial charge in [-0.2, -0.15) is 0 Å². The molecule has 0 unspecified atom stereocenters. The molecular formula is C27H29ClFN5O3. The van der Waals surface area contributed by atoms with E-state index < -0.39 is 5.82 Å². The lowest BCUT2D eigenvalue weighted by atomic mass is 10.0. The number of nitrogens with zero attached hydrogens (tertiary/aromatic N) is 3. The van der Waals surface area contributed by atoms with E-state index in [4.69, 9.17) is 21.1 Å². The molecule has 0 radical (unpaired) electrons. The van der Waals surface area contributed by atoms with E-state index in [1.807, 2.05) is 6.08 Å². The van der Waals surface area contributed by atoms with Crippen molar-refractivity contribution >= 4 is 45.6 Å². The second-order valence-electron chi connectivity index (χ2n) is 9.38. The van der Waals surface area contributed by atoms with Crippen LogP contribution in [0.3, 0.4) is 0 Å². The fourth-order valence-corrected chi connectivity index (χ4v) is 4.37. The Morgan fingerprint density at radius 2 is 2.08 bits per heavy atom. The Morgan fingerprint density at radius 1 is 1.22 bits per heavy atom. The highest BCUT2D eigenvalue weighted by Gasteiger charge is 2.26. The van der Waals surface area contributed by atoms with Crippen molar-refractivity contribution in [2.24, 2.45) is 5.92 Å². The zero-order valence-electron chi connectivity index (χ0n) is 20.5. The van der Waals surface area contributed by atoms with E-state index >= 15 is 0 Å². The van der Waals surface area contributed by atoms with Crippen molar-refractivity contribution in [1.82, 2.24) is 14.9 Å². The van der Waals surface area contributed by atoms with Gasteiger partial charge in [-0.05, 0) is 49.4 Å². The van der Waals surface area contributed by atoms with Gasteiger partial charge in [0.1, 0.15) is 23.7 Å². The van der Waals surface area contributed by atoms with Crippen molar-refractivity contribution < 1.29 is 18.7 Å². The van der Waals surface area contributed by atoms with Crippen LogP contribution in [0.5, 0.6) is 5.75 Å². The highest BCUT2D eigenvalue weighted by molar-refractivity contribution is 6.31. The average Bonchev–Trinajstić information content (AvgIpc) is 3.70. The first kappa shape index (κ1) is 25.4. The number of amides is 1. The molecule has 2 fully saturated rings. The minimum Gasteiger partial charge on any atom is -0.491 e. The summed E-state index contributed by atoms with van der Waals surface area (Å²) >= 11 is 5.94. The zero-order chi connectivity index (χ0) is 25.8. The maximum atomic E-state index is 13.6. The van der Waals surface area contributed by atoms with E-state index in [0.717, 1.165) is 25.8 Å². The Kier molecular flexibility index (Phi) is 7.83. The van der Waals surface area contributed by atoms with Gasteiger partial charge in [0.15, 0.2) is 0 Å². The van der Waals surface area contributed by atoms with Crippen LogP contribution in [0.1, 0.15) is 19.3 Å². The number of hydrogen-bond donors (Lipinski definition) is 2. The second-order valence-corrected chi connectivity index (χ2v) is 9.79. The third-order valence-electron chi connectivity index (χ3n) is 6.58. The highest BCUT2D eigenvalue weighted by Crippen LogP contribution is 2.36. The minimum absolute atomic E-state index is 0.00521. The van der Waals surface area contributed by atoms with Crippen molar-refractivity contribution in [2.45, 2.75) is 25.3 Å². The fraction of sp³-hybridized carbons (Fsp3) is 0.370. The van der Waals surface area contributed by atoms with E-state index in [-0.39, 0.29) is 10.9 Å². The molecule has 1 saturated carbocycles. The average molecular weight is 526 g/mol. The molecule has 3 aromatic rings. The van der Waals surface area contributed by atoms with Crippen LogP contribution < -0.4 is 15.4 Å². The number of carbonyl (C=O) groups excluding carboxylic acids is 1. The Bertz CT molecular complexity index is 1320. The van der Waals surface area contributed by atoms with Gasteiger partial charge in [-0.1, -0.05) is 17.7 Å².